The van der Waals surface area contributed by atoms with Gasteiger partial charge in [0.1, 0.15) is 0 Å². The van der Waals surface area contributed by atoms with Crippen LogP contribution in [0.4, 0.5) is 0 Å². The third-order valence-corrected chi connectivity index (χ3v) is 3.46. The monoisotopic (exact) mass is 223 g/mol. The zero-order valence-corrected chi connectivity index (χ0v) is 10.9. The fourth-order valence-corrected chi connectivity index (χ4v) is 2.54. The van der Waals surface area contributed by atoms with Gasteiger partial charge in [-0.05, 0) is 25.0 Å². The summed E-state index contributed by atoms with van der Waals surface area (Å²) >= 11 is 1.90. The van der Waals surface area contributed by atoms with Gasteiger partial charge in [0.2, 0.25) is 0 Å². The molecule has 84 valence electrons. The highest BCUT2D eigenvalue weighted by Crippen LogP contribution is 2.31. The lowest BCUT2D eigenvalue weighted by atomic mass is 10.0. The molecule has 0 saturated carbocycles. The Balaban J connectivity index is 3.02. The topological polar surface area (TPSA) is 26.0 Å². The number of hydrogen-bond donors (Lipinski definition) is 1. The van der Waals surface area contributed by atoms with Crippen molar-refractivity contribution >= 4 is 11.8 Å². The van der Waals surface area contributed by atoms with Gasteiger partial charge in [0.05, 0.1) is 0 Å². The molecule has 1 unspecified atom stereocenters. The molecule has 0 aliphatic heterocycles. The molecule has 0 aliphatic carbocycles. The Morgan fingerprint density at radius 2 is 2.00 bits per heavy atom. The average molecular weight is 223 g/mol. The Labute approximate surface area is 97.4 Å². The van der Waals surface area contributed by atoms with Crippen molar-refractivity contribution in [1.82, 2.24) is 0 Å². The highest BCUT2D eigenvalue weighted by molar-refractivity contribution is 8.00. The van der Waals surface area contributed by atoms with E-state index in [9.17, 15) is 0 Å². The summed E-state index contributed by atoms with van der Waals surface area (Å²) in [7, 11) is 0. The molecule has 1 nitrogen and oxygen atoms in total. The fraction of sp³-hybridized carbons (Fsp3) is 0.538. The number of thioether (sulfide) groups is 1. The molecule has 0 spiro atoms. The normalized spacial score (nSPS) is 13.2. The van der Waals surface area contributed by atoms with Gasteiger partial charge in [0, 0.05) is 16.2 Å². The molecule has 0 heterocycles. The van der Waals surface area contributed by atoms with E-state index in [2.05, 4.69) is 45.9 Å². The minimum absolute atomic E-state index is 0.172. The number of rotatable bonds is 4. The van der Waals surface area contributed by atoms with Crippen molar-refractivity contribution < 1.29 is 0 Å². The molecule has 1 aromatic carbocycles. The lowest BCUT2D eigenvalue weighted by Gasteiger charge is -2.16. The van der Waals surface area contributed by atoms with E-state index < -0.39 is 0 Å². The van der Waals surface area contributed by atoms with Gasteiger partial charge in [-0.3, -0.25) is 0 Å². The van der Waals surface area contributed by atoms with Gasteiger partial charge in [0.25, 0.3) is 0 Å². The van der Waals surface area contributed by atoms with E-state index in [1.165, 1.54) is 16.0 Å². The molecular weight excluding hydrogens is 202 g/mol. The van der Waals surface area contributed by atoms with Crippen LogP contribution in [0.3, 0.4) is 0 Å². The highest BCUT2D eigenvalue weighted by atomic mass is 32.2. The van der Waals surface area contributed by atoms with Gasteiger partial charge < -0.3 is 5.73 Å². The number of nitrogens with two attached hydrogens (primary N) is 1. The molecule has 15 heavy (non-hydrogen) atoms. The van der Waals surface area contributed by atoms with Crippen LogP contribution in [0.1, 0.15) is 44.4 Å². The van der Waals surface area contributed by atoms with E-state index in [0.717, 1.165) is 6.42 Å². The van der Waals surface area contributed by atoms with E-state index in [1.807, 2.05) is 11.8 Å². The maximum Gasteiger partial charge on any atom is 0.0303 e. The highest BCUT2D eigenvalue weighted by Gasteiger charge is 2.11. The Morgan fingerprint density at radius 3 is 2.53 bits per heavy atom. The second-order valence-corrected chi connectivity index (χ2v) is 5.84. The molecule has 0 aliphatic rings. The first kappa shape index (κ1) is 12.6. The summed E-state index contributed by atoms with van der Waals surface area (Å²) in [5.74, 6) is 0. The fourth-order valence-electron chi connectivity index (χ4n) is 1.54. The van der Waals surface area contributed by atoms with Crippen LogP contribution in [-0.4, -0.2) is 5.25 Å². The molecule has 0 aromatic heterocycles. The van der Waals surface area contributed by atoms with Crippen LogP contribution in [0.25, 0.3) is 0 Å². The Bertz CT molecular complexity index is 320. The van der Waals surface area contributed by atoms with Gasteiger partial charge in [-0.2, -0.15) is 0 Å². The summed E-state index contributed by atoms with van der Waals surface area (Å²) < 4.78 is 0. The second kappa shape index (κ2) is 5.57. The first-order chi connectivity index (χ1) is 7.04. The van der Waals surface area contributed by atoms with Crippen molar-refractivity contribution in [2.24, 2.45) is 5.73 Å². The first-order valence-electron chi connectivity index (χ1n) is 5.57. The van der Waals surface area contributed by atoms with E-state index in [0.29, 0.717) is 5.25 Å². The Hall–Kier alpha value is -0.470. The van der Waals surface area contributed by atoms with Crippen molar-refractivity contribution in [2.45, 2.75) is 50.3 Å². The van der Waals surface area contributed by atoms with Crippen molar-refractivity contribution in [3.63, 3.8) is 0 Å². The Morgan fingerprint density at radius 1 is 1.33 bits per heavy atom. The Kier molecular flexibility index (Phi) is 4.68. The molecule has 1 aromatic rings. The van der Waals surface area contributed by atoms with Crippen molar-refractivity contribution in [3.05, 3.63) is 29.3 Å². The molecule has 0 saturated heterocycles. The van der Waals surface area contributed by atoms with E-state index in [4.69, 9.17) is 5.73 Å². The number of hydrogen-bond acceptors (Lipinski definition) is 2. The maximum atomic E-state index is 6.13. The van der Waals surface area contributed by atoms with Crippen molar-refractivity contribution in [2.75, 3.05) is 0 Å². The molecular formula is C13H21NS. The van der Waals surface area contributed by atoms with Gasteiger partial charge in [-0.15, -0.1) is 11.8 Å². The van der Waals surface area contributed by atoms with E-state index in [-0.39, 0.29) is 6.04 Å². The second-order valence-electron chi connectivity index (χ2n) is 4.22. The summed E-state index contributed by atoms with van der Waals surface area (Å²) in [4.78, 5) is 1.34. The minimum atomic E-state index is 0.172. The van der Waals surface area contributed by atoms with Gasteiger partial charge in [-0.1, -0.05) is 38.5 Å². The molecule has 2 heteroatoms. The summed E-state index contributed by atoms with van der Waals surface area (Å²) in [6.07, 6.45) is 0.995. The van der Waals surface area contributed by atoms with E-state index >= 15 is 0 Å². The summed E-state index contributed by atoms with van der Waals surface area (Å²) in [6.45, 7) is 8.68. The molecule has 1 atom stereocenters. The largest absolute Gasteiger partial charge is 0.324 e. The van der Waals surface area contributed by atoms with Gasteiger partial charge >= 0.3 is 0 Å². The van der Waals surface area contributed by atoms with Crippen molar-refractivity contribution in [1.29, 1.82) is 0 Å². The smallest absolute Gasteiger partial charge is 0.0303 e. The molecule has 0 radical (unpaired) electrons. The van der Waals surface area contributed by atoms with Crippen LogP contribution in [0.2, 0.25) is 0 Å². The molecule has 0 amide bonds. The molecule has 1 rings (SSSR count). The third kappa shape index (κ3) is 3.54. The third-order valence-electron chi connectivity index (χ3n) is 2.37. The molecule has 0 bridgehead atoms. The zero-order chi connectivity index (χ0) is 11.4. The number of aryl methyl sites for hydroxylation is 1. The minimum Gasteiger partial charge on any atom is -0.324 e. The predicted octanol–water partition coefficient (Wildman–Crippen LogP) is 3.91. The van der Waals surface area contributed by atoms with Gasteiger partial charge in [-0.25, -0.2) is 0 Å². The lowest BCUT2D eigenvalue weighted by Crippen LogP contribution is -2.10. The number of benzene rings is 1. The predicted molar refractivity (Wildman–Crippen MR) is 69.4 cm³/mol. The maximum absolute atomic E-state index is 6.13. The quantitative estimate of drug-likeness (QED) is 0.783. The van der Waals surface area contributed by atoms with Crippen LogP contribution < -0.4 is 5.73 Å². The van der Waals surface area contributed by atoms with Gasteiger partial charge in [0.15, 0.2) is 0 Å². The standard InChI is InChI=1S/C13H21NS/c1-5-12(14)11-8-10(4)6-7-13(11)15-9(2)3/h6-9,12H,5,14H2,1-4H3. The van der Waals surface area contributed by atoms with E-state index in [1.54, 1.807) is 0 Å². The van der Waals surface area contributed by atoms with Crippen molar-refractivity contribution in [3.8, 4) is 0 Å². The van der Waals surface area contributed by atoms with Crippen LogP contribution in [0.5, 0.6) is 0 Å². The first-order valence-corrected chi connectivity index (χ1v) is 6.45. The zero-order valence-electron chi connectivity index (χ0n) is 10.1. The SMILES string of the molecule is CCC(N)c1cc(C)ccc1SC(C)C. The summed E-state index contributed by atoms with van der Waals surface area (Å²) in [5.41, 5.74) is 8.72. The average Bonchev–Trinajstić information content (AvgIpc) is 2.19. The van der Waals surface area contributed by atoms with Crippen LogP contribution >= 0.6 is 11.8 Å². The van der Waals surface area contributed by atoms with Crippen LogP contribution in [0, 0.1) is 6.92 Å². The molecule has 0 fully saturated rings. The van der Waals surface area contributed by atoms with Crippen LogP contribution in [0.15, 0.2) is 23.1 Å². The summed E-state index contributed by atoms with van der Waals surface area (Å²) in [5, 5.41) is 0.607. The molecule has 2 N–H and O–H groups in total. The lowest BCUT2D eigenvalue weighted by molar-refractivity contribution is 0.684. The summed E-state index contributed by atoms with van der Waals surface area (Å²) in [6, 6.07) is 6.76. The van der Waals surface area contributed by atoms with Crippen LogP contribution in [-0.2, 0) is 0 Å².